The third kappa shape index (κ3) is 3.97. The maximum atomic E-state index is 15.7. The summed E-state index contributed by atoms with van der Waals surface area (Å²) < 4.78 is 15.7. The SMILES string of the molecule is [B]=C1C(C(N)=O)=C(O)[C@@H](N(C)C)[C@@H]2C[C@@H]3Cc4c(F)cc(N5CCC[C@H](N(C)C)C5=O)c(O)c4C(O)=C3C(=O)[C@]12O. The average molecular weight is 567 g/mol. The third-order valence-corrected chi connectivity index (χ3v) is 9.07. The van der Waals surface area contributed by atoms with Gasteiger partial charge in [0.15, 0.2) is 0 Å². The molecule has 2 amide bonds. The molecule has 2 fully saturated rings. The summed E-state index contributed by atoms with van der Waals surface area (Å²) in [5, 5.41) is 45.6. The number of primary amides is 1. The number of anilines is 1. The number of aromatic hydroxyl groups is 1. The number of likely N-dealkylation sites (N-methyl/N-ethyl adjacent to an activating group) is 2. The molecule has 41 heavy (non-hydrogen) atoms. The fourth-order valence-corrected chi connectivity index (χ4v) is 7.13. The minimum atomic E-state index is -2.53. The number of benzene rings is 1. The van der Waals surface area contributed by atoms with E-state index in [4.69, 9.17) is 13.2 Å². The van der Waals surface area contributed by atoms with Crippen LogP contribution in [-0.2, 0) is 20.8 Å². The van der Waals surface area contributed by atoms with Crippen LogP contribution < -0.4 is 10.6 Å². The second-order valence-electron chi connectivity index (χ2n) is 11.7. The summed E-state index contributed by atoms with van der Waals surface area (Å²) in [7, 11) is 12.8. The van der Waals surface area contributed by atoms with Crippen molar-refractivity contribution in [3.05, 3.63) is 39.9 Å². The van der Waals surface area contributed by atoms with Crippen molar-refractivity contribution in [1.82, 2.24) is 9.80 Å². The third-order valence-electron chi connectivity index (χ3n) is 9.07. The first kappa shape index (κ1) is 29.0. The number of ketones is 1. The fourth-order valence-electron chi connectivity index (χ4n) is 7.13. The number of nitrogens with two attached hydrogens (primary N) is 1. The maximum absolute atomic E-state index is 15.7. The second-order valence-corrected chi connectivity index (χ2v) is 11.7. The van der Waals surface area contributed by atoms with Crippen molar-refractivity contribution in [2.24, 2.45) is 17.6 Å². The number of hydrogen-bond donors (Lipinski definition) is 5. The molecule has 1 saturated heterocycles. The number of hydrogen-bond acceptors (Lipinski definition) is 9. The Morgan fingerprint density at radius 1 is 1.17 bits per heavy atom. The molecule has 1 heterocycles. The Balaban J connectivity index is 1.67. The number of carbonyl (C=O) groups excluding carboxylic acids is 3. The van der Waals surface area contributed by atoms with Gasteiger partial charge in [0.1, 0.15) is 0 Å². The number of aliphatic hydroxyl groups excluding tert-OH is 2. The van der Waals surface area contributed by atoms with Gasteiger partial charge in [-0.2, -0.15) is 0 Å². The van der Waals surface area contributed by atoms with E-state index in [1.165, 1.54) is 9.80 Å². The molecule has 0 aromatic heterocycles. The number of nitrogens with zero attached hydrogens (tertiary/aromatic N) is 3. The van der Waals surface area contributed by atoms with Crippen LogP contribution >= 0.6 is 0 Å². The Bertz CT molecular complexity index is 1470. The topological polar surface area (TPSA) is 168 Å². The molecule has 1 saturated carbocycles. The van der Waals surface area contributed by atoms with Gasteiger partial charge in [-0.3, -0.25) is 0 Å². The number of rotatable bonds is 4. The van der Waals surface area contributed by atoms with E-state index in [-0.39, 0.29) is 47.7 Å². The molecule has 1 aromatic rings. The molecule has 4 aliphatic rings. The van der Waals surface area contributed by atoms with Gasteiger partial charge in [0.05, 0.1) is 0 Å². The normalized spacial score (nSPS) is 30.1. The van der Waals surface area contributed by atoms with E-state index in [0.717, 1.165) is 6.07 Å². The molecule has 217 valence electrons. The van der Waals surface area contributed by atoms with Crippen LogP contribution in [0.5, 0.6) is 5.75 Å². The number of fused-ring (bicyclic) bond motifs is 3. The summed E-state index contributed by atoms with van der Waals surface area (Å²) in [5.41, 5.74) is 0.890. The number of halogens is 1. The quantitative estimate of drug-likeness (QED) is 0.313. The fraction of sp³-hybridized carbons (Fsp3) is 0.500. The summed E-state index contributed by atoms with van der Waals surface area (Å²) in [6.45, 7) is 0.221. The van der Waals surface area contributed by atoms with Crippen molar-refractivity contribution >= 4 is 42.0 Å². The Morgan fingerprint density at radius 3 is 2.41 bits per heavy atom. The summed E-state index contributed by atoms with van der Waals surface area (Å²) in [6, 6.07) is -0.464. The summed E-state index contributed by atoms with van der Waals surface area (Å²) in [4.78, 5) is 44.0. The number of phenolic OH excluding ortho intramolecular Hbond substituents is 1. The Hall–Kier alpha value is -3.55. The molecule has 1 aliphatic heterocycles. The van der Waals surface area contributed by atoms with Gasteiger partial charge >= 0.3 is 223 Å². The zero-order valence-corrected chi connectivity index (χ0v) is 23.3. The summed E-state index contributed by atoms with van der Waals surface area (Å²) in [5.74, 6) is -6.98. The number of amides is 2. The average Bonchev–Trinajstić information content (AvgIpc) is 2.88. The molecule has 6 N–H and O–H groups in total. The zero-order chi connectivity index (χ0) is 30.3. The first-order valence-corrected chi connectivity index (χ1v) is 13.4. The summed E-state index contributed by atoms with van der Waals surface area (Å²) >= 11 is 0. The minimum absolute atomic E-state index is 0.0300. The van der Waals surface area contributed by atoms with Crippen molar-refractivity contribution < 1.29 is 39.2 Å². The van der Waals surface area contributed by atoms with E-state index in [1.54, 1.807) is 33.1 Å². The molecule has 5 rings (SSSR count). The standard InChI is InChI=1S/C28H33BFN4O7/c1-32(2)15-6-5-7-34(27(15)40)16-10-14(30)12-8-11-9-13-20(33(3)4)23(37)19(26(31)39)24(29)28(13,41)25(38)17(11)22(36)18(12)21(16)35/h10-11,13,15,20,35-37,41H,5-9H2,1-4H3,(H2,31,39)/t11-,13-,15-,20-,28+/m0/s1. The molecule has 13 heteroatoms. The van der Waals surface area contributed by atoms with E-state index in [1.807, 2.05) is 0 Å². The molecule has 0 unspecified atom stereocenters. The molecular formula is C28H33BFN4O7. The Morgan fingerprint density at radius 2 is 1.83 bits per heavy atom. The van der Waals surface area contributed by atoms with Crippen LogP contribution in [0.15, 0.2) is 23.0 Å². The summed E-state index contributed by atoms with van der Waals surface area (Å²) in [6.07, 6.45) is 1.04. The van der Waals surface area contributed by atoms with E-state index in [0.29, 0.717) is 12.8 Å². The van der Waals surface area contributed by atoms with Crippen molar-refractivity contribution in [1.29, 1.82) is 0 Å². The predicted molar refractivity (Wildman–Crippen MR) is 149 cm³/mol. The van der Waals surface area contributed by atoms with E-state index < -0.39 is 75.3 Å². The van der Waals surface area contributed by atoms with Gasteiger partial charge in [-0.25, -0.2) is 0 Å². The second kappa shape index (κ2) is 9.78. The van der Waals surface area contributed by atoms with Crippen LogP contribution in [0.1, 0.15) is 30.4 Å². The first-order chi connectivity index (χ1) is 19.1. The molecule has 0 spiro atoms. The van der Waals surface area contributed by atoms with Crippen LogP contribution in [-0.4, -0.2) is 113 Å². The Labute approximate surface area is 237 Å². The van der Waals surface area contributed by atoms with Crippen molar-refractivity contribution in [2.45, 2.75) is 43.4 Å². The van der Waals surface area contributed by atoms with E-state index in [9.17, 15) is 34.8 Å². The molecule has 1 radical (unpaired) electrons. The van der Waals surface area contributed by atoms with Gasteiger partial charge < -0.3 is 0 Å². The van der Waals surface area contributed by atoms with Gasteiger partial charge in [0.2, 0.25) is 0 Å². The number of piperidine rings is 1. The van der Waals surface area contributed by atoms with E-state index in [2.05, 4.69) is 0 Å². The molecule has 0 bridgehead atoms. The van der Waals surface area contributed by atoms with Crippen LogP contribution in [0, 0.1) is 17.7 Å². The van der Waals surface area contributed by atoms with Crippen LogP contribution in [0.25, 0.3) is 5.76 Å². The number of Topliss-reactive ketones (excluding diaryl/α,β-unsaturated/α-hetero) is 1. The van der Waals surface area contributed by atoms with Gasteiger partial charge in [-0.1, -0.05) is 0 Å². The first-order valence-electron chi connectivity index (χ1n) is 13.4. The zero-order valence-electron chi connectivity index (χ0n) is 23.3. The molecular weight excluding hydrogens is 534 g/mol. The predicted octanol–water partition coefficient (Wildman–Crippen LogP) is -0.0681. The molecule has 1 aromatic carbocycles. The van der Waals surface area contributed by atoms with Crippen LogP contribution in [0.2, 0.25) is 0 Å². The van der Waals surface area contributed by atoms with Gasteiger partial charge in [0, 0.05) is 0 Å². The van der Waals surface area contributed by atoms with Crippen LogP contribution in [0.4, 0.5) is 10.1 Å². The molecule has 5 atom stereocenters. The monoisotopic (exact) mass is 567 g/mol. The van der Waals surface area contributed by atoms with Gasteiger partial charge in [0.25, 0.3) is 0 Å². The van der Waals surface area contributed by atoms with Gasteiger partial charge in [-0.05, 0) is 14.1 Å². The van der Waals surface area contributed by atoms with Gasteiger partial charge in [-0.15, -0.1) is 0 Å². The van der Waals surface area contributed by atoms with Crippen LogP contribution in [0.3, 0.4) is 0 Å². The Kier molecular flexibility index (Phi) is 6.91. The van der Waals surface area contributed by atoms with E-state index >= 15 is 4.39 Å². The van der Waals surface area contributed by atoms with Crippen molar-refractivity contribution in [3.63, 3.8) is 0 Å². The molecule has 11 nitrogen and oxygen atoms in total. The number of phenols is 1. The van der Waals surface area contributed by atoms with Crippen molar-refractivity contribution in [3.8, 4) is 5.75 Å². The molecule has 3 aliphatic carbocycles. The number of carbonyl (C=O) groups is 3. The van der Waals surface area contributed by atoms with Crippen molar-refractivity contribution in [2.75, 3.05) is 39.6 Å². The number of aliphatic hydroxyl groups is 3.